The normalized spacial score (nSPS) is 16.6. The molecule has 0 unspecified atom stereocenters. The topological polar surface area (TPSA) is 62.1 Å². The van der Waals surface area contributed by atoms with E-state index < -0.39 is 10.0 Å². The molecule has 0 aromatic heterocycles. The van der Waals surface area contributed by atoms with Crippen LogP contribution >= 0.6 is 15.9 Å². The van der Waals surface area contributed by atoms with Gasteiger partial charge in [-0.15, -0.1) is 0 Å². The van der Waals surface area contributed by atoms with E-state index in [4.69, 9.17) is 0 Å². The predicted octanol–water partition coefficient (Wildman–Crippen LogP) is -0.428. The molecule has 0 aliphatic carbocycles. The molecule has 1 amide bonds. The van der Waals surface area contributed by atoms with Crippen molar-refractivity contribution in [2.45, 2.75) is 0 Å². The number of rotatable bonds is 4. The van der Waals surface area contributed by atoms with Crippen LogP contribution in [0, 0.1) is 0 Å². The van der Waals surface area contributed by atoms with Crippen LogP contribution in [0.5, 0.6) is 0 Å². The Balaban J connectivity index is 2.14. The van der Waals surface area contributed by atoms with E-state index in [2.05, 4.69) is 23.0 Å². The van der Waals surface area contributed by atoms with E-state index in [1.165, 1.54) is 4.90 Å². The van der Waals surface area contributed by atoms with Crippen molar-refractivity contribution >= 4 is 37.5 Å². The van der Waals surface area contributed by atoms with E-state index in [0.29, 0.717) is 18.8 Å². The molecule has 0 saturated carbocycles. The fourth-order valence-electron chi connectivity index (χ4n) is 2.37. The zero-order chi connectivity index (χ0) is 16.3. The van der Waals surface area contributed by atoms with Gasteiger partial charge in [0.15, 0.2) is 0 Å². The molecule has 1 N–H and O–H groups in total. The van der Waals surface area contributed by atoms with Gasteiger partial charge in [-0.05, 0) is 24.3 Å². The molecule has 1 aromatic rings. The second-order valence-electron chi connectivity index (χ2n) is 5.58. The van der Waals surface area contributed by atoms with Gasteiger partial charge in [-0.3, -0.25) is 9.10 Å². The molecular weight excluding hydrogens is 370 g/mol. The van der Waals surface area contributed by atoms with Crippen LogP contribution in [0.25, 0.3) is 0 Å². The fourth-order valence-corrected chi connectivity index (χ4v) is 3.48. The van der Waals surface area contributed by atoms with Crippen LogP contribution in [0.1, 0.15) is 0 Å². The van der Waals surface area contributed by atoms with Crippen LogP contribution in [-0.2, 0) is 14.8 Å². The van der Waals surface area contributed by atoms with Crippen LogP contribution in [0.15, 0.2) is 28.7 Å². The number of halogens is 1. The number of hydrogen-bond acceptors (Lipinski definition) is 3. The Morgan fingerprint density at radius 2 is 1.82 bits per heavy atom. The first-order valence-corrected chi connectivity index (χ1v) is 9.74. The van der Waals surface area contributed by atoms with E-state index in [-0.39, 0.29) is 12.5 Å². The number of likely N-dealkylation sites (N-methyl/N-ethyl adjacent to an activating group) is 1. The number of anilines is 1. The van der Waals surface area contributed by atoms with Gasteiger partial charge in [0.25, 0.3) is 0 Å². The number of nitrogens with one attached hydrogen (secondary N) is 1. The SMILES string of the molecule is C[NH+]1CCN(C(=O)CN(c2ccc(Br)cc2)S(C)(=O)=O)CC1. The summed E-state index contributed by atoms with van der Waals surface area (Å²) in [5, 5.41) is 0. The van der Waals surface area contributed by atoms with Crippen molar-refractivity contribution in [2.24, 2.45) is 0 Å². The van der Waals surface area contributed by atoms with Gasteiger partial charge in [-0.2, -0.15) is 0 Å². The summed E-state index contributed by atoms with van der Waals surface area (Å²) in [4.78, 5) is 15.5. The smallest absolute Gasteiger partial charge is 0.243 e. The highest BCUT2D eigenvalue weighted by molar-refractivity contribution is 9.10. The van der Waals surface area contributed by atoms with E-state index in [1.54, 1.807) is 29.2 Å². The van der Waals surface area contributed by atoms with Crippen LogP contribution in [0.2, 0.25) is 0 Å². The number of carbonyl (C=O) groups is 1. The molecule has 1 aliphatic heterocycles. The first-order chi connectivity index (χ1) is 10.3. The average molecular weight is 391 g/mol. The first-order valence-electron chi connectivity index (χ1n) is 7.10. The summed E-state index contributed by atoms with van der Waals surface area (Å²) in [5.74, 6) is -0.152. The molecule has 1 aromatic carbocycles. The molecule has 0 atom stereocenters. The Kier molecular flexibility index (Phi) is 5.46. The van der Waals surface area contributed by atoms with Crippen LogP contribution < -0.4 is 9.21 Å². The molecule has 6 nitrogen and oxygen atoms in total. The molecule has 0 bridgehead atoms. The van der Waals surface area contributed by atoms with Gasteiger partial charge in [0.05, 0.1) is 45.2 Å². The number of sulfonamides is 1. The highest BCUT2D eigenvalue weighted by atomic mass is 79.9. The summed E-state index contributed by atoms with van der Waals surface area (Å²) >= 11 is 3.32. The average Bonchev–Trinajstić information content (AvgIpc) is 2.45. The minimum atomic E-state index is -3.51. The van der Waals surface area contributed by atoms with Gasteiger partial charge < -0.3 is 9.80 Å². The van der Waals surface area contributed by atoms with Gasteiger partial charge in [0.1, 0.15) is 6.54 Å². The lowest BCUT2D eigenvalue weighted by atomic mass is 10.3. The summed E-state index contributed by atoms with van der Waals surface area (Å²) in [6.45, 7) is 2.97. The van der Waals surface area contributed by atoms with Crippen molar-refractivity contribution in [2.75, 3.05) is 50.3 Å². The Morgan fingerprint density at radius 1 is 1.27 bits per heavy atom. The minimum Gasteiger partial charge on any atom is -0.334 e. The van der Waals surface area contributed by atoms with Crippen LogP contribution in [0.3, 0.4) is 0 Å². The third-order valence-corrected chi connectivity index (χ3v) is 5.43. The van der Waals surface area contributed by atoms with Gasteiger partial charge in [-0.25, -0.2) is 8.42 Å². The van der Waals surface area contributed by atoms with Crippen molar-refractivity contribution in [1.82, 2.24) is 4.90 Å². The zero-order valence-electron chi connectivity index (χ0n) is 12.8. The number of quaternary nitrogens is 1. The molecule has 0 radical (unpaired) electrons. The molecule has 1 heterocycles. The molecule has 1 saturated heterocycles. The quantitative estimate of drug-likeness (QED) is 0.758. The second kappa shape index (κ2) is 6.97. The van der Waals surface area contributed by atoms with Crippen LogP contribution in [0.4, 0.5) is 5.69 Å². The van der Waals surface area contributed by atoms with Crippen molar-refractivity contribution in [3.8, 4) is 0 Å². The van der Waals surface area contributed by atoms with Crippen molar-refractivity contribution in [1.29, 1.82) is 0 Å². The number of benzene rings is 1. The molecular formula is C14H21BrN3O3S+. The van der Waals surface area contributed by atoms with E-state index in [0.717, 1.165) is 28.1 Å². The Bertz CT molecular complexity index is 625. The lowest BCUT2D eigenvalue weighted by Gasteiger charge is -2.32. The molecule has 8 heteroatoms. The standard InChI is InChI=1S/C14H20BrN3O3S/c1-16-7-9-17(10-8-16)14(19)11-18(22(2,20)21)13-5-3-12(15)4-6-13/h3-6H,7-11H2,1-2H3/p+1. The Morgan fingerprint density at radius 3 is 2.32 bits per heavy atom. The molecule has 22 heavy (non-hydrogen) atoms. The fraction of sp³-hybridized carbons (Fsp3) is 0.500. The predicted molar refractivity (Wildman–Crippen MR) is 89.5 cm³/mol. The summed E-state index contributed by atoms with van der Waals surface area (Å²) < 4.78 is 26.1. The molecule has 2 rings (SSSR count). The number of piperazine rings is 1. The Hall–Kier alpha value is -1.12. The third kappa shape index (κ3) is 4.44. The highest BCUT2D eigenvalue weighted by Gasteiger charge is 2.26. The summed E-state index contributed by atoms with van der Waals surface area (Å²) in [5.41, 5.74) is 0.499. The second-order valence-corrected chi connectivity index (χ2v) is 8.41. The monoisotopic (exact) mass is 390 g/mol. The Labute approximate surface area is 139 Å². The number of hydrogen-bond donors (Lipinski definition) is 1. The van der Waals surface area contributed by atoms with Crippen molar-refractivity contribution < 1.29 is 18.1 Å². The van der Waals surface area contributed by atoms with Gasteiger partial charge in [-0.1, -0.05) is 15.9 Å². The minimum absolute atomic E-state index is 0.152. The summed E-state index contributed by atoms with van der Waals surface area (Å²) in [6, 6.07) is 6.90. The number of amides is 1. The van der Waals surface area contributed by atoms with Gasteiger partial charge in [0.2, 0.25) is 15.9 Å². The lowest BCUT2D eigenvalue weighted by molar-refractivity contribution is -0.883. The van der Waals surface area contributed by atoms with Gasteiger partial charge in [0, 0.05) is 4.47 Å². The number of nitrogens with zero attached hydrogens (tertiary/aromatic N) is 2. The maximum Gasteiger partial charge on any atom is 0.243 e. The molecule has 1 aliphatic rings. The molecule has 122 valence electrons. The largest absolute Gasteiger partial charge is 0.334 e. The lowest BCUT2D eigenvalue weighted by Crippen LogP contribution is -3.12. The van der Waals surface area contributed by atoms with E-state index >= 15 is 0 Å². The molecule has 0 spiro atoms. The third-order valence-electron chi connectivity index (χ3n) is 3.76. The van der Waals surface area contributed by atoms with E-state index in [1.807, 2.05) is 0 Å². The highest BCUT2D eigenvalue weighted by Crippen LogP contribution is 2.20. The number of carbonyl (C=O) groups excluding carboxylic acids is 1. The first kappa shape index (κ1) is 17.2. The molecule has 1 fully saturated rings. The van der Waals surface area contributed by atoms with E-state index in [9.17, 15) is 13.2 Å². The summed E-state index contributed by atoms with van der Waals surface area (Å²) in [7, 11) is -1.42. The summed E-state index contributed by atoms with van der Waals surface area (Å²) in [6.07, 6.45) is 1.12. The van der Waals surface area contributed by atoms with Crippen molar-refractivity contribution in [3.63, 3.8) is 0 Å². The van der Waals surface area contributed by atoms with Crippen molar-refractivity contribution in [3.05, 3.63) is 28.7 Å². The van der Waals surface area contributed by atoms with Crippen LogP contribution in [-0.4, -0.2) is 65.3 Å². The maximum absolute atomic E-state index is 12.4. The zero-order valence-corrected chi connectivity index (χ0v) is 15.2. The van der Waals surface area contributed by atoms with Gasteiger partial charge >= 0.3 is 0 Å². The maximum atomic E-state index is 12.4.